The molecule has 5 heteroatoms. The normalized spacial score (nSPS) is 21.7. The van der Waals surface area contributed by atoms with Crippen LogP contribution < -0.4 is 10.6 Å². The van der Waals surface area contributed by atoms with E-state index in [0.717, 1.165) is 24.9 Å². The molecule has 0 aromatic heterocycles. The van der Waals surface area contributed by atoms with Crippen molar-refractivity contribution in [2.75, 3.05) is 18.4 Å². The van der Waals surface area contributed by atoms with E-state index in [2.05, 4.69) is 10.6 Å². The number of hydrogen-bond donors (Lipinski definition) is 3. The Labute approximate surface area is 118 Å². The van der Waals surface area contributed by atoms with E-state index in [1.807, 2.05) is 13.8 Å². The summed E-state index contributed by atoms with van der Waals surface area (Å²) in [6.07, 6.45) is 1.58. The van der Waals surface area contributed by atoms with Crippen molar-refractivity contribution in [3.8, 4) is 0 Å². The highest BCUT2D eigenvalue weighted by Gasteiger charge is 2.39. The summed E-state index contributed by atoms with van der Waals surface area (Å²) in [5.41, 5.74) is 1.24. The largest absolute Gasteiger partial charge is 0.478 e. The van der Waals surface area contributed by atoms with Crippen LogP contribution in [-0.4, -0.2) is 30.1 Å². The van der Waals surface area contributed by atoms with Gasteiger partial charge in [-0.2, -0.15) is 0 Å². The zero-order valence-electron chi connectivity index (χ0n) is 11.8. The van der Waals surface area contributed by atoms with Crippen LogP contribution in [0.4, 0.5) is 5.69 Å². The summed E-state index contributed by atoms with van der Waals surface area (Å²) in [5, 5.41) is 15.1. The molecule has 108 valence electrons. The molecule has 1 aromatic rings. The number of aromatic carboxylic acids is 1. The zero-order chi connectivity index (χ0) is 14.8. The number of carboxylic acid groups (broad SMARTS) is 1. The highest BCUT2D eigenvalue weighted by atomic mass is 16.4. The van der Waals surface area contributed by atoms with Crippen LogP contribution >= 0.6 is 0 Å². The molecule has 0 radical (unpaired) electrons. The third-order valence-electron chi connectivity index (χ3n) is 4.13. The molecule has 1 aromatic carbocycles. The molecule has 1 atom stereocenters. The van der Waals surface area contributed by atoms with Crippen molar-refractivity contribution in [3.63, 3.8) is 0 Å². The molecule has 20 heavy (non-hydrogen) atoms. The van der Waals surface area contributed by atoms with Gasteiger partial charge in [0.25, 0.3) is 0 Å². The Kier molecular flexibility index (Phi) is 4.09. The first kappa shape index (κ1) is 14.5. The highest BCUT2D eigenvalue weighted by molar-refractivity contribution is 5.98. The topological polar surface area (TPSA) is 78.4 Å². The fraction of sp³-hybridized carbons (Fsp3) is 0.467. The minimum absolute atomic E-state index is 0.0318. The Bertz CT molecular complexity index is 534. The first-order valence-corrected chi connectivity index (χ1v) is 6.84. The van der Waals surface area contributed by atoms with Crippen LogP contribution in [0.25, 0.3) is 0 Å². The third kappa shape index (κ3) is 2.67. The van der Waals surface area contributed by atoms with Gasteiger partial charge in [0.05, 0.1) is 11.0 Å². The lowest BCUT2D eigenvalue weighted by atomic mass is 9.83. The minimum atomic E-state index is -0.992. The van der Waals surface area contributed by atoms with Crippen LogP contribution in [-0.2, 0) is 4.79 Å². The maximum Gasteiger partial charge on any atom is 0.335 e. The lowest BCUT2D eigenvalue weighted by Crippen LogP contribution is -2.37. The molecule has 2 rings (SSSR count). The first-order valence-electron chi connectivity index (χ1n) is 6.84. The number of carbonyl (C=O) groups excluding carboxylic acids is 1. The van der Waals surface area contributed by atoms with Crippen molar-refractivity contribution in [1.29, 1.82) is 0 Å². The van der Waals surface area contributed by atoms with Crippen molar-refractivity contribution in [2.24, 2.45) is 5.41 Å². The Morgan fingerprint density at radius 1 is 1.45 bits per heavy atom. The maximum absolute atomic E-state index is 12.5. The zero-order valence-corrected chi connectivity index (χ0v) is 11.8. The van der Waals surface area contributed by atoms with E-state index in [0.29, 0.717) is 12.2 Å². The summed E-state index contributed by atoms with van der Waals surface area (Å²) < 4.78 is 0. The maximum atomic E-state index is 12.5. The Morgan fingerprint density at radius 3 is 2.75 bits per heavy atom. The molecule has 1 saturated heterocycles. The molecule has 0 spiro atoms. The van der Waals surface area contributed by atoms with Gasteiger partial charge < -0.3 is 15.7 Å². The van der Waals surface area contributed by atoms with Crippen LogP contribution in [0.5, 0.6) is 0 Å². The van der Waals surface area contributed by atoms with Crippen molar-refractivity contribution >= 4 is 17.6 Å². The predicted octanol–water partition coefficient (Wildman–Crippen LogP) is 2.02. The second kappa shape index (κ2) is 5.63. The minimum Gasteiger partial charge on any atom is -0.478 e. The smallest absolute Gasteiger partial charge is 0.335 e. The number of anilines is 1. The van der Waals surface area contributed by atoms with Gasteiger partial charge in [0.15, 0.2) is 0 Å². The van der Waals surface area contributed by atoms with E-state index in [9.17, 15) is 9.59 Å². The van der Waals surface area contributed by atoms with Crippen LogP contribution in [0.2, 0.25) is 0 Å². The number of benzene rings is 1. The average molecular weight is 276 g/mol. The summed E-state index contributed by atoms with van der Waals surface area (Å²) >= 11 is 0. The molecule has 3 N–H and O–H groups in total. The summed E-state index contributed by atoms with van der Waals surface area (Å²) in [4.78, 5) is 23.5. The van der Waals surface area contributed by atoms with Gasteiger partial charge in [-0.3, -0.25) is 4.79 Å². The number of nitrogens with one attached hydrogen (secondary N) is 2. The van der Waals surface area contributed by atoms with Gasteiger partial charge in [-0.15, -0.1) is 0 Å². The molecule has 1 fully saturated rings. The van der Waals surface area contributed by atoms with Crippen LogP contribution in [0.1, 0.15) is 35.7 Å². The Hall–Kier alpha value is -1.88. The second-order valence-corrected chi connectivity index (χ2v) is 5.35. The van der Waals surface area contributed by atoms with Gasteiger partial charge in [0.1, 0.15) is 0 Å². The molecular formula is C15H20N2O3. The lowest BCUT2D eigenvalue weighted by molar-refractivity contribution is -0.124. The van der Waals surface area contributed by atoms with Gasteiger partial charge in [-0.25, -0.2) is 4.79 Å². The van der Waals surface area contributed by atoms with Crippen molar-refractivity contribution in [1.82, 2.24) is 5.32 Å². The van der Waals surface area contributed by atoms with E-state index in [4.69, 9.17) is 5.11 Å². The van der Waals surface area contributed by atoms with Gasteiger partial charge >= 0.3 is 5.97 Å². The molecule has 0 bridgehead atoms. The van der Waals surface area contributed by atoms with Gasteiger partial charge in [0, 0.05) is 12.2 Å². The number of hydrogen-bond acceptors (Lipinski definition) is 3. The fourth-order valence-electron chi connectivity index (χ4n) is 2.54. The monoisotopic (exact) mass is 276 g/mol. The third-order valence-corrected chi connectivity index (χ3v) is 4.13. The Balaban J connectivity index is 2.23. The van der Waals surface area contributed by atoms with E-state index in [-0.39, 0.29) is 16.9 Å². The molecule has 0 saturated carbocycles. The number of carbonyl (C=O) groups is 2. The standard InChI is InChI=1S/C15H20N2O3/c1-3-15(6-7-16-9-15)14(20)17-12-8-11(13(18)19)5-4-10(12)2/h4-5,8,16H,3,6-7,9H2,1-2H3,(H,17,20)(H,18,19). The quantitative estimate of drug-likeness (QED) is 0.786. The molecule has 0 aliphatic carbocycles. The average Bonchev–Trinajstić information content (AvgIpc) is 2.91. The molecule has 1 amide bonds. The lowest BCUT2D eigenvalue weighted by Gasteiger charge is -2.25. The SMILES string of the molecule is CCC1(C(=O)Nc2cc(C(=O)O)ccc2C)CCNC1. The Morgan fingerprint density at radius 2 is 2.20 bits per heavy atom. The van der Waals surface area contributed by atoms with Crippen LogP contribution in [0.3, 0.4) is 0 Å². The number of amides is 1. The van der Waals surface area contributed by atoms with E-state index in [1.165, 1.54) is 6.07 Å². The van der Waals surface area contributed by atoms with Crippen molar-refractivity contribution in [2.45, 2.75) is 26.7 Å². The summed E-state index contributed by atoms with van der Waals surface area (Å²) in [7, 11) is 0. The molecule has 1 unspecified atom stereocenters. The van der Waals surface area contributed by atoms with E-state index >= 15 is 0 Å². The molecular weight excluding hydrogens is 256 g/mol. The number of carboxylic acids is 1. The fourth-order valence-corrected chi connectivity index (χ4v) is 2.54. The van der Waals surface area contributed by atoms with Gasteiger partial charge in [-0.1, -0.05) is 13.0 Å². The molecule has 1 aliphatic heterocycles. The van der Waals surface area contributed by atoms with E-state index < -0.39 is 5.97 Å². The number of aryl methyl sites for hydroxylation is 1. The first-order chi connectivity index (χ1) is 9.48. The van der Waals surface area contributed by atoms with Gasteiger partial charge in [0.2, 0.25) is 5.91 Å². The summed E-state index contributed by atoms with van der Waals surface area (Å²) in [5.74, 6) is -1.02. The molecule has 5 nitrogen and oxygen atoms in total. The molecule has 1 aliphatic rings. The van der Waals surface area contributed by atoms with E-state index in [1.54, 1.807) is 12.1 Å². The predicted molar refractivity (Wildman–Crippen MR) is 77.0 cm³/mol. The van der Waals surface area contributed by atoms with Crippen molar-refractivity contribution < 1.29 is 14.7 Å². The van der Waals surface area contributed by atoms with Crippen molar-refractivity contribution in [3.05, 3.63) is 29.3 Å². The highest BCUT2D eigenvalue weighted by Crippen LogP contribution is 2.31. The summed E-state index contributed by atoms with van der Waals surface area (Å²) in [6, 6.07) is 4.77. The molecule has 1 heterocycles. The number of rotatable bonds is 4. The summed E-state index contributed by atoms with van der Waals surface area (Å²) in [6.45, 7) is 5.38. The van der Waals surface area contributed by atoms with Crippen LogP contribution in [0.15, 0.2) is 18.2 Å². The second-order valence-electron chi connectivity index (χ2n) is 5.35. The van der Waals surface area contributed by atoms with Crippen LogP contribution in [0, 0.1) is 12.3 Å². The van der Waals surface area contributed by atoms with Gasteiger partial charge in [-0.05, 0) is 44.0 Å².